The molecule has 0 aromatic heterocycles. The number of anilines is 1. The minimum atomic E-state index is -0.179. The molecule has 0 aliphatic heterocycles. The van der Waals surface area contributed by atoms with Crippen molar-refractivity contribution in [2.75, 3.05) is 11.9 Å². The highest BCUT2D eigenvalue weighted by molar-refractivity contribution is 5.92. The van der Waals surface area contributed by atoms with Crippen molar-refractivity contribution in [3.8, 4) is 11.1 Å². The third-order valence-electron chi connectivity index (χ3n) is 2.78. The van der Waals surface area contributed by atoms with Gasteiger partial charge in [-0.2, -0.15) is 0 Å². The van der Waals surface area contributed by atoms with Gasteiger partial charge in [-0.05, 0) is 35.7 Å². The summed E-state index contributed by atoms with van der Waals surface area (Å²) in [5.74, 6) is -0.179. The van der Waals surface area contributed by atoms with Crippen LogP contribution in [0.4, 0.5) is 5.69 Å². The minimum absolute atomic E-state index is 0.000512. The SMILES string of the molecule is Cc1cc(NC(=O)CN)ccc1-c1ccccc1. The molecule has 0 bridgehead atoms. The van der Waals surface area contributed by atoms with E-state index in [-0.39, 0.29) is 12.5 Å². The van der Waals surface area contributed by atoms with Crippen LogP contribution in [0.25, 0.3) is 11.1 Å². The van der Waals surface area contributed by atoms with E-state index in [2.05, 4.69) is 17.4 Å². The van der Waals surface area contributed by atoms with Gasteiger partial charge in [-0.15, -0.1) is 0 Å². The van der Waals surface area contributed by atoms with Gasteiger partial charge in [0, 0.05) is 5.69 Å². The summed E-state index contributed by atoms with van der Waals surface area (Å²) in [5.41, 5.74) is 9.51. The Bertz CT molecular complexity index is 550. The molecule has 0 aliphatic rings. The Morgan fingerprint density at radius 3 is 2.50 bits per heavy atom. The molecule has 0 saturated heterocycles. The minimum Gasteiger partial charge on any atom is -0.325 e. The topological polar surface area (TPSA) is 55.1 Å². The Morgan fingerprint density at radius 2 is 1.89 bits per heavy atom. The van der Waals surface area contributed by atoms with Crippen LogP contribution in [0.1, 0.15) is 5.56 Å². The first-order chi connectivity index (χ1) is 8.70. The van der Waals surface area contributed by atoms with Gasteiger partial charge in [0.2, 0.25) is 5.91 Å². The van der Waals surface area contributed by atoms with Crippen LogP contribution in [-0.4, -0.2) is 12.5 Å². The lowest BCUT2D eigenvalue weighted by molar-refractivity contribution is -0.114. The lowest BCUT2D eigenvalue weighted by atomic mass is 10.0. The number of carbonyl (C=O) groups is 1. The van der Waals surface area contributed by atoms with Crippen LogP contribution in [0, 0.1) is 6.92 Å². The molecule has 2 aromatic carbocycles. The monoisotopic (exact) mass is 240 g/mol. The Kier molecular flexibility index (Phi) is 3.75. The van der Waals surface area contributed by atoms with Crippen molar-refractivity contribution in [2.24, 2.45) is 5.73 Å². The Morgan fingerprint density at radius 1 is 1.17 bits per heavy atom. The molecule has 3 N–H and O–H groups in total. The van der Waals surface area contributed by atoms with E-state index in [0.717, 1.165) is 11.3 Å². The summed E-state index contributed by atoms with van der Waals surface area (Å²) >= 11 is 0. The molecule has 1 amide bonds. The third-order valence-corrected chi connectivity index (χ3v) is 2.78. The molecular formula is C15H16N2O. The summed E-state index contributed by atoms with van der Waals surface area (Å²) in [5, 5.41) is 2.75. The number of rotatable bonds is 3. The Hall–Kier alpha value is -2.13. The van der Waals surface area contributed by atoms with E-state index in [9.17, 15) is 4.79 Å². The summed E-state index contributed by atoms with van der Waals surface area (Å²) in [7, 11) is 0. The number of hydrogen-bond donors (Lipinski definition) is 2. The first kappa shape index (κ1) is 12.3. The van der Waals surface area contributed by atoms with Crippen LogP contribution in [0.3, 0.4) is 0 Å². The number of hydrogen-bond acceptors (Lipinski definition) is 2. The number of aryl methyl sites for hydroxylation is 1. The zero-order valence-electron chi connectivity index (χ0n) is 10.3. The molecule has 0 saturated carbocycles. The van der Waals surface area contributed by atoms with Gasteiger partial charge in [-0.1, -0.05) is 36.4 Å². The number of nitrogens with two attached hydrogens (primary N) is 1. The molecule has 3 nitrogen and oxygen atoms in total. The summed E-state index contributed by atoms with van der Waals surface area (Å²) in [6.07, 6.45) is 0. The second-order valence-electron chi connectivity index (χ2n) is 4.15. The van der Waals surface area contributed by atoms with Crippen molar-refractivity contribution >= 4 is 11.6 Å². The van der Waals surface area contributed by atoms with Crippen LogP contribution >= 0.6 is 0 Å². The van der Waals surface area contributed by atoms with Crippen LogP contribution in [-0.2, 0) is 4.79 Å². The number of benzene rings is 2. The molecule has 3 heteroatoms. The summed E-state index contributed by atoms with van der Waals surface area (Å²) in [4.78, 5) is 11.2. The molecule has 0 radical (unpaired) electrons. The zero-order chi connectivity index (χ0) is 13.0. The third kappa shape index (κ3) is 2.76. The smallest absolute Gasteiger partial charge is 0.238 e. The van der Waals surface area contributed by atoms with Gasteiger partial charge >= 0.3 is 0 Å². The quantitative estimate of drug-likeness (QED) is 0.866. The molecule has 0 unspecified atom stereocenters. The average molecular weight is 240 g/mol. The van der Waals surface area contributed by atoms with E-state index in [4.69, 9.17) is 5.73 Å². The molecule has 0 spiro atoms. The number of nitrogens with one attached hydrogen (secondary N) is 1. The highest BCUT2D eigenvalue weighted by Crippen LogP contribution is 2.25. The first-order valence-electron chi connectivity index (χ1n) is 5.86. The summed E-state index contributed by atoms with van der Waals surface area (Å²) in [6, 6.07) is 16.0. The lowest BCUT2D eigenvalue weighted by Crippen LogP contribution is -2.21. The predicted molar refractivity (Wildman–Crippen MR) is 74.3 cm³/mol. The molecule has 0 atom stereocenters. The molecule has 0 fully saturated rings. The van der Waals surface area contributed by atoms with Gasteiger partial charge in [-0.25, -0.2) is 0 Å². The second kappa shape index (κ2) is 5.47. The van der Waals surface area contributed by atoms with Gasteiger partial charge in [-0.3, -0.25) is 4.79 Å². The van der Waals surface area contributed by atoms with E-state index in [1.165, 1.54) is 11.1 Å². The molecule has 2 rings (SSSR count). The van der Waals surface area contributed by atoms with Gasteiger partial charge < -0.3 is 11.1 Å². The van der Waals surface area contributed by atoms with Gasteiger partial charge in [0.1, 0.15) is 0 Å². The first-order valence-corrected chi connectivity index (χ1v) is 5.86. The standard InChI is InChI=1S/C15H16N2O/c1-11-9-13(17-15(18)10-16)7-8-14(11)12-5-3-2-4-6-12/h2-9H,10,16H2,1H3,(H,17,18). The average Bonchev–Trinajstić information content (AvgIpc) is 2.40. The molecule has 0 heterocycles. The van der Waals surface area contributed by atoms with E-state index >= 15 is 0 Å². The van der Waals surface area contributed by atoms with Crippen molar-refractivity contribution in [3.63, 3.8) is 0 Å². The van der Waals surface area contributed by atoms with Crippen molar-refractivity contribution in [1.82, 2.24) is 0 Å². The second-order valence-corrected chi connectivity index (χ2v) is 4.15. The van der Waals surface area contributed by atoms with Crippen LogP contribution in [0.5, 0.6) is 0 Å². The maximum Gasteiger partial charge on any atom is 0.238 e. The van der Waals surface area contributed by atoms with Crippen molar-refractivity contribution in [1.29, 1.82) is 0 Å². The molecule has 18 heavy (non-hydrogen) atoms. The fraction of sp³-hybridized carbons (Fsp3) is 0.133. The van der Waals surface area contributed by atoms with E-state index < -0.39 is 0 Å². The molecule has 0 aliphatic carbocycles. The van der Waals surface area contributed by atoms with Crippen LogP contribution < -0.4 is 11.1 Å². The van der Waals surface area contributed by atoms with Gasteiger partial charge in [0.25, 0.3) is 0 Å². The number of carbonyl (C=O) groups excluding carboxylic acids is 1. The largest absolute Gasteiger partial charge is 0.325 e. The fourth-order valence-corrected chi connectivity index (χ4v) is 1.90. The van der Waals surface area contributed by atoms with Crippen LogP contribution in [0.2, 0.25) is 0 Å². The fourth-order valence-electron chi connectivity index (χ4n) is 1.90. The maximum atomic E-state index is 11.2. The number of amides is 1. The van der Waals surface area contributed by atoms with E-state index in [0.29, 0.717) is 0 Å². The highest BCUT2D eigenvalue weighted by Gasteiger charge is 2.04. The summed E-state index contributed by atoms with van der Waals surface area (Å²) in [6.45, 7) is 2.03. The maximum absolute atomic E-state index is 11.2. The van der Waals surface area contributed by atoms with Crippen molar-refractivity contribution in [2.45, 2.75) is 6.92 Å². The van der Waals surface area contributed by atoms with Crippen LogP contribution in [0.15, 0.2) is 48.5 Å². The predicted octanol–water partition coefficient (Wildman–Crippen LogP) is 2.56. The van der Waals surface area contributed by atoms with Crippen molar-refractivity contribution in [3.05, 3.63) is 54.1 Å². The van der Waals surface area contributed by atoms with Gasteiger partial charge in [0.05, 0.1) is 6.54 Å². The molecule has 2 aromatic rings. The summed E-state index contributed by atoms with van der Waals surface area (Å²) < 4.78 is 0. The van der Waals surface area contributed by atoms with Crippen molar-refractivity contribution < 1.29 is 4.79 Å². The Balaban J connectivity index is 2.28. The zero-order valence-corrected chi connectivity index (χ0v) is 10.3. The molecular weight excluding hydrogens is 224 g/mol. The lowest BCUT2D eigenvalue weighted by Gasteiger charge is -2.09. The Labute approximate surface area is 107 Å². The highest BCUT2D eigenvalue weighted by atomic mass is 16.1. The normalized spacial score (nSPS) is 10.1. The molecule has 92 valence electrons. The van der Waals surface area contributed by atoms with Gasteiger partial charge in [0.15, 0.2) is 0 Å². The van der Waals surface area contributed by atoms with E-state index in [1.807, 2.05) is 43.3 Å². The van der Waals surface area contributed by atoms with E-state index in [1.54, 1.807) is 0 Å².